The molecule has 9 heteroatoms. The van der Waals surface area contributed by atoms with Crippen LogP contribution in [-0.4, -0.2) is 27.0 Å². The van der Waals surface area contributed by atoms with Gasteiger partial charge in [-0.2, -0.15) is 0 Å². The van der Waals surface area contributed by atoms with E-state index < -0.39 is 22.0 Å². The van der Waals surface area contributed by atoms with Crippen LogP contribution in [0, 0.1) is 0 Å². The molecule has 2 aromatic rings. The first-order valence-electron chi connectivity index (χ1n) is 8.28. The van der Waals surface area contributed by atoms with Crippen LogP contribution in [0.4, 0.5) is 5.69 Å². The molecule has 0 fully saturated rings. The van der Waals surface area contributed by atoms with E-state index in [0.29, 0.717) is 28.0 Å². The first-order chi connectivity index (χ1) is 12.8. The van der Waals surface area contributed by atoms with Gasteiger partial charge in [-0.05, 0) is 31.5 Å². The van der Waals surface area contributed by atoms with E-state index in [-0.39, 0.29) is 16.9 Å². The van der Waals surface area contributed by atoms with Crippen molar-refractivity contribution in [1.82, 2.24) is 4.98 Å². The molecule has 2 rings (SSSR count). The molecule has 146 valence electrons. The number of halogens is 2. The van der Waals surface area contributed by atoms with Gasteiger partial charge in [0.05, 0.1) is 12.4 Å². The van der Waals surface area contributed by atoms with Gasteiger partial charge in [-0.15, -0.1) is 0 Å². The minimum atomic E-state index is -1.54. The Morgan fingerprint density at radius 3 is 2.52 bits per heavy atom. The van der Waals surface area contributed by atoms with Gasteiger partial charge in [-0.3, -0.25) is 13.8 Å². The molecule has 0 saturated heterocycles. The molecule has 0 radical (unpaired) electrons. The average Bonchev–Trinajstić information content (AvgIpc) is 2.59. The largest absolute Gasteiger partial charge is 0.488 e. The molecule has 0 aliphatic heterocycles. The van der Waals surface area contributed by atoms with Crippen LogP contribution in [-0.2, 0) is 21.3 Å². The van der Waals surface area contributed by atoms with Gasteiger partial charge in [0.1, 0.15) is 5.25 Å². The summed E-state index contributed by atoms with van der Waals surface area (Å²) in [5, 5.41) is 2.61. The molecule has 1 aromatic carbocycles. The van der Waals surface area contributed by atoms with E-state index in [2.05, 4.69) is 10.3 Å². The molecule has 0 spiro atoms. The van der Waals surface area contributed by atoms with Crippen LogP contribution in [0.1, 0.15) is 26.0 Å². The number of amides is 1. The number of H-pyrrole nitrogens is 1. The Bertz CT molecular complexity index is 881. The number of ether oxygens (including phenoxy) is 1. The Hall–Kier alpha value is -1.83. The molecule has 1 heterocycles. The molecule has 6 nitrogen and oxygen atoms in total. The second-order valence-electron chi connectivity index (χ2n) is 5.85. The van der Waals surface area contributed by atoms with E-state index in [1.54, 1.807) is 25.1 Å². The highest BCUT2D eigenvalue weighted by molar-refractivity contribution is 7.85. The highest BCUT2D eigenvalue weighted by atomic mass is 35.5. The van der Waals surface area contributed by atoms with Crippen LogP contribution in [0.5, 0.6) is 5.75 Å². The van der Waals surface area contributed by atoms with E-state index in [4.69, 9.17) is 27.9 Å². The maximum Gasteiger partial charge on any atom is 0.239 e. The summed E-state index contributed by atoms with van der Waals surface area (Å²) in [5.74, 6) is -0.180. The van der Waals surface area contributed by atoms with E-state index in [1.807, 2.05) is 6.92 Å². The zero-order valence-corrected chi connectivity index (χ0v) is 17.2. The third kappa shape index (κ3) is 6.37. The predicted molar refractivity (Wildman–Crippen MR) is 109 cm³/mol. The summed E-state index contributed by atoms with van der Waals surface area (Å²) in [6.07, 6.45) is 2.24. The molecule has 27 heavy (non-hydrogen) atoms. The van der Waals surface area contributed by atoms with Gasteiger partial charge in [0, 0.05) is 44.5 Å². The predicted octanol–water partition coefficient (Wildman–Crippen LogP) is 3.75. The maximum absolute atomic E-state index is 12.5. The van der Waals surface area contributed by atoms with Crippen molar-refractivity contribution >= 4 is 45.6 Å². The number of benzene rings is 1. The van der Waals surface area contributed by atoms with Gasteiger partial charge in [0.25, 0.3) is 0 Å². The lowest BCUT2D eigenvalue weighted by molar-refractivity contribution is -0.115. The van der Waals surface area contributed by atoms with Gasteiger partial charge in [-0.25, -0.2) is 0 Å². The van der Waals surface area contributed by atoms with Gasteiger partial charge < -0.3 is 15.0 Å². The standard InChI is InChI=1S/C18H20Cl2N2O4S/c1-3-4-26-17-9-21-15(8-16(17)23)10-27(25)11(2)18(24)22-14-6-12(19)5-13(20)7-14/h5-9,11H,3-4,10H2,1-2H3,(H,21,23)(H,22,24). The Labute approximate surface area is 169 Å². The quantitative estimate of drug-likeness (QED) is 0.667. The number of aromatic amines is 1. The number of nitrogens with one attached hydrogen (secondary N) is 2. The topological polar surface area (TPSA) is 88.3 Å². The summed E-state index contributed by atoms with van der Waals surface area (Å²) in [4.78, 5) is 27.2. The number of rotatable bonds is 8. The van der Waals surface area contributed by atoms with Crippen molar-refractivity contribution in [2.75, 3.05) is 11.9 Å². The Balaban J connectivity index is 2.01. The summed E-state index contributed by atoms with van der Waals surface area (Å²) in [5.41, 5.74) is 0.597. The first kappa shape index (κ1) is 21.5. The molecular weight excluding hydrogens is 411 g/mol. The molecule has 1 aromatic heterocycles. The van der Waals surface area contributed by atoms with Crippen molar-refractivity contribution in [3.63, 3.8) is 0 Å². The highest BCUT2D eigenvalue weighted by Crippen LogP contribution is 2.22. The molecule has 2 unspecified atom stereocenters. The van der Waals surface area contributed by atoms with Crippen LogP contribution in [0.2, 0.25) is 10.0 Å². The van der Waals surface area contributed by atoms with Crippen LogP contribution in [0.3, 0.4) is 0 Å². The zero-order valence-electron chi connectivity index (χ0n) is 14.9. The van der Waals surface area contributed by atoms with Gasteiger partial charge in [0.15, 0.2) is 5.75 Å². The molecule has 2 atom stereocenters. The van der Waals surface area contributed by atoms with Crippen LogP contribution < -0.4 is 15.5 Å². The third-order valence-electron chi connectivity index (χ3n) is 3.59. The number of aromatic nitrogens is 1. The fourth-order valence-electron chi connectivity index (χ4n) is 2.18. The summed E-state index contributed by atoms with van der Waals surface area (Å²) in [6, 6.07) is 5.98. The van der Waals surface area contributed by atoms with Crippen LogP contribution in [0.25, 0.3) is 0 Å². The highest BCUT2D eigenvalue weighted by Gasteiger charge is 2.21. The van der Waals surface area contributed by atoms with Crippen molar-refractivity contribution in [3.8, 4) is 5.75 Å². The second-order valence-corrected chi connectivity index (χ2v) is 8.48. The van der Waals surface area contributed by atoms with Crippen molar-refractivity contribution in [2.24, 2.45) is 0 Å². The first-order valence-corrected chi connectivity index (χ1v) is 10.4. The molecular formula is C18H20Cl2N2O4S. The minimum Gasteiger partial charge on any atom is -0.488 e. The Morgan fingerprint density at radius 2 is 1.93 bits per heavy atom. The lowest BCUT2D eigenvalue weighted by Gasteiger charge is -2.13. The lowest BCUT2D eigenvalue weighted by atomic mass is 10.3. The SMILES string of the molecule is CCCOc1c[nH]c(CS(=O)C(C)C(=O)Nc2cc(Cl)cc(Cl)c2)cc1=O. The average molecular weight is 431 g/mol. The second kappa shape index (κ2) is 9.92. The summed E-state index contributed by atoms with van der Waals surface area (Å²) in [6.45, 7) is 3.93. The monoisotopic (exact) mass is 430 g/mol. The van der Waals surface area contributed by atoms with Crippen molar-refractivity contribution in [3.05, 3.63) is 56.4 Å². The van der Waals surface area contributed by atoms with Crippen molar-refractivity contribution in [2.45, 2.75) is 31.3 Å². The molecule has 1 amide bonds. The van der Waals surface area contributed by atoms with E-state index in [9.17, 15) is 13.8 Å². The van der Waals surface area contributed by atoms with E-state index >= 15 is 0 Å². The number of carbonyl (C=O) groups is 1. The van der Waals surface area contributed by atoms with E-state index in [0.717, 1.165) is 6.42 Å². The summed E-state index contributed by atoms with van der Waals surface area (Å²) in [7, 11) is -1.54. The maximum atomic E-state index is 12.5. The van der Waals surface area contributed by atoms with Gasteiger partial charge in [0.2, 0.25) is 11.3 Å². The third-order valence-corrected chi connectivity index (χ3v) is 5.62. The molecule has 2 N–H and O–H groups in total. The lowest BCUT2D eigenvalue weighted by Crippen LogP contribution is -2.30. The molecule has 0 saturated carbocycles. The Morgan fingerprint density at radius 1 is 1.26 bits per heavy atom. The smallest absolute Gasteiger partial charge is 0.239 e. The number of hydrogen-bond acceptors (Lipinski definition) is 4. The number of hydrogen-bond donors (Lipinski definition) is 2. The summed E-state index contributed by atoms with van der Waals surface area (Å²) < 4.78 is 17.8. The molecule has 0 bridgehead atoms. The number of anilines is 1. The molecule has 0 aliphatic rings. The van der Waals surface area contributed by atoms with Crippen LogP contribution >= 0.6 is 23.2 Å². The fourth-order valence-corrected chi connectivity index (χ4v) is 3.72. The number of carbonyl (C=O) groups excluding carboxylic acids is 1. The zero-order chi connectivity index (χ0) is 20.0. The summed E-state index contributed by atoms with van der Waals surface area (Å²) >= 11 is 11.8. The van der Waals surface area contributed by atoms with Gasteiger partial charge in [-0.1, -0.05) is 30.1 Å². The minimum absolute atomic E-state index is 0.0359. The van der Waals surface area contributed by atoms with Gasteiger partial charge >= 0.3 is 0 Å². The normalized spacial score (nSPS) is 13.0. The van der Waals surface area contributed by atoms with Crippen molar-refractivity contribution < 1.29 is 13.7 Å². The fraction of sp³-hybridized carbons (Fsp3) is 0.333. The van der Waals surface area contributed by atoms with Crippen LogP contribution in [0.15, 0.2) is 35.3 Å². The van der Waals surface area contributed by atoms with E-state index in [1.165, 1.54) is 12.3 Å². The molecule has 0 aliphatic carbocycles. The Kier molecular flexibility index (Phi) is 7.89. The number of pyridine rings is 1. The van der Waals surface area contributed by atoms with Crippen molar-refractivity contribution in [1.29, 1.82) is 0 Å².